The Morgan fingerprint density at radius 3 is 2.41 bits per heavy atom. The molecule has 2 aromatic carbocycles. The van der Waals surface area contributed by atoms with Crippen molar-refractivity contribution in [2.24, 2.45) is 0 Å². The summed E-state index contributed by atoms with van der Waals surface area (Å²) in [5.41, 5.74) is 0.393. The molecule has 0 aliphatic heterocycles. The Morgan fingerprint density at radius 1 is 1.11 bits per heavy atom. The number of aromatic nitrogens is 3. The van der Waals surface area contributed by atoms with Crippen LogP contribution < -0.4 is 5.32 Å². The van der Waals surface area contributed by atoms with E-state index in [9.17, 15) is 18.0 Å². The average Bonchev–Trinajstić information content (AvgIpc) is 3.10. The van der Waals surface area contributed by atoms with Crippen molar-refractivity contribution in [3.05, 3.63) is 66.5 Å². The predicted octanol–water partition coefficient (Wildman–Crippen LogP) is 4.41. The van der Waals surface area contributed by atoms with Crippen molar-refractivity contribution in [1.29, 1.82) is 0 Å². The molecule has 0 saturated carbocycles. The summed E-state index contributed by atoms with van der Waals surface area (Å²) in [6.45, 7) is 1.69. The second kappa shape index (κ2) is 7.83. The summed E-state index contributed by atoms with van der Waals surface area (Å²) in [5, 5.41) is 10.5. The molecule has 3 aromatic rings. The molecule has 9 heteroatoms. The van der Waals surface area contributed by atoms with Gasteiger partial charge in [-0.15, -0.1) is 10.2 Å². The predicted molar refractivity (Wildman–Crippen MR) is 96.8 cm³/mol. The summed E-state index contributed by atoms with van der Waals surface area (Å²) >= 11 is 1.20. The van der Waals surface area contributed by atoms with E-state index in [-0.39, 0.29) is 5.91 Å². The highest BCUT2D eigenvalue weighted by Crippen LogP contribution is 2.30. The lowest BCUT2D eigenvalue weighted by Gasteiger charge is -2.13. The van der Waals surface area contributed by atoms with Crippen molar-refractivity contribution >= 4 is 23.4 Å². The summed E-state index contributed by atoms with van der Waals surface area (Å²) in [6.07, 6.45) is -2.86. The van der Waals surface area contributed by atoms with Crippen molar-refractivity contribution in [2.75, 3.05) is 5.32 Å². The maximum Gasteiger partial charge on any atom is 0.416 e. The number of carbonyl (C=O) groups is 1. The number of thioether (sulfide) groups is 1. The van der Waals surface area contributed by atoms with Crippen LogP contribution in [0.5, 0.6) is 0 Å². The summed E-state index contributed by atoms with van der Waals surface area (Å²) in [6, 6.07) is 13.7. The SMILES string of the molecule is C[C@@H](Sc1nncn1-c1ccccc1)C(=O)Nc1ccc(C(F)(F)F)cc1. The molecule has 1 N–H and O–H groups in total. The van der Waals surface area contributed by atoms with Crippen molar-refractivity contribution in [3.8, 4) is 5.69 Å². The number of alkyl halides is 3. The van der Waals surface area contributed by atoms with Gasteiger partial charge in [-0.05, 0) is 43.3 Å². The van der Waals surface area contributed by atoms with Crippen LogP contribution in [0.1, 0.15) is 12.5 Å². The van der Waals surface area contributed by atoms with Crippen LogP contribution in [0.15, 0.2) is 66.1 Å². The quantitative estimate of drug-likeness (QED) is 0.654. The normalized spacial score (nSPS) is 12.6. The van der Waals surface area contributed by atoms with Gasteiger partial charge in [0, 0.05) is 11.4 Å². The molecule has 0 aliphatic carbocycles. The Labute approximate surface area is 157 Å². The number of nitrogens with zero attached hydrogens (tertiary/aromatic N) is 3. The van der Waals surface area contributed by atoms with E-state index < -0.39 is 17.0 Å². The van der Waals surface area contributed by atoms with Gasteiger partial charge in [0.25, 0.3) is 0 Å². The first kappa shape index (κ1) is 19.0. The molecule has 1 atom stereocenters. The van der Waals surface area contributed by atoms with Crippen LogP contribution in [-0.2, 0) is 11.0 Å². The highest BCUT2D eigenvalue weighted by molar-refractivity contribution is 8.00. The summed E-state index contributed by atoms with van der Waals surface area (Å²) < 4.78 is 39.5. The third-order valence-corrected chi connectivity index (χ3v) is 4.74. The third-order valence-electron chi connectivity index (χ3n) is 3.68. The van der Waals surface area contributed by atoms with Crippen molar-refractivity contribution < 1.29 is 18.0 Å². The topological polar surface area (TPSA) is 59.8 Å². The van der Waals surface area contributed by atoms with E-state index in [1.807, 2.05) is 30.3 Å². The van der Waals surface area contributed by atoms with E-state index in [0.717, 1.165) is 17.8 Å². The molecule has 0 spiro atoms. The van der Waals surface area contributed by atoms with Crippen LogP contribution in [0.4, 0.5) is 18.9 Å². The maximum atomic E-state index is 12.6. The van der Waals surface area contributed by atoms with Gasteiger partial charge < -0.3 is 5.32 Å². The molecule has 5 nitrogen and oxygen atoms in total. The minimum absolute atomic E-state index is 0.296. The van der Waals surface area contributed by atoms with Crippen molar-refractivity contribution in [2.45, 2.75) is 23.5 Å². The lowest BCUT2D eigenvalue weighted by molar-refractivity contribution is -0.137. The van der Waals surface area contributed by atoms with Crippen LogP contribution in [0.3, 0.4) is 0 Å². The van der Waals surface area contributed by atoms with Gasteiger partial charge in [-0.1, -0.05) is 30.0 Å². The van der Waals surface area contributed by atoms with E-state index in [0.29, 0.717) is 10.8 Å². The van der Waals surface area contributed by atoms with Gasteiger partial charge in [-0.25, -0.2) is 0 Å². The fourth-order valence-electron chi connectivity index (χ4n) is 2.27. The monoisotopic (exact) mass is 392 g/mol. The zero-order chi connectivity index (χ0) is 19.4. The standard InChI is InChI=1S/C18H15F3N4OS/c1-12(16(26)23-14-9-7-13(8-10-14)18(19,20)21)27-17-24-22-11-25(17)15-5-3-2-4-6-15/h2-12H,1H3,(H,23,26)/t12-/m1/s1. The Hall–Kier alpha value is -2.81. The molecule has 0 unspecified atom stereocenters. The second-order valence-electron chi connectivity index (χ2n) is 5.64. The largest absolute Gasteiger partial charge is 0.416 e. The lowest BCUT2D eigenvalue weighted by atomic mass is 10.2. The van der Waals surface area contributed by atoms with Crippen LogP contribution in [-0.4, -0.2) is 25.9 Å². The Kier molecular flexibility index (Phi) is 5.50. The summed E-state index contributed by atoms with van der Waals surface area (Å²) in [5.74, 6) is -0.345. The van der Waals surface area contributed by atoms with Gasteiger partial charge in [0.2, 0.25) is 5.91 Å². The Morgan fingerprint density at radius 2 is 1.78 bits per heavy atom. The molecule has 0 fully saturated rings. The summed E-state index contributed by atoms with van der Waals surface area (Å²) in [4.78, 5) is 12.4. The van der Waals surface area contributed by atoms with E-state index >= 15 is 0 Å². The third kappa shape index (κ3) is 4.68. The number of hydrogen-bond donors (Lipinski definition) is 1. The minimum Gasteiger partial charge on any atom is -0.325 e. The first-order chi connectivity index (χ1) is 12.8. The first-order valence-electron chi connectivity index (χ1n) is 7.95. The number of halogens is 3. The average molecular weight is 392 g/mol. The first-order valence-corrected chi connectivity index (χ1v) is 8.83. The second-order valence-corrected chi connectivity index (χ2v) is 6.95. The molecular weight excluding hydrogens is 377 g/mol. The number of hydrogen-bond acceptors (Lipinski definition) is 4. The Bertz CT molecular complexity index is 910. The molecule has 27 heavy (non-hydrogen) atoms. The number of para-hydroxylation sites is 1. The van der Waals surface area contributed by atoms with Crippen LogP contribution in [0, 0.1) is 0 Å². The van der Waals surface area contributed by atoms with Crippen molar-refractivity contribution in [3.63, 3.8) is 0 Å². The molecule has 1 aromatic heterocycles. The van der Waals surface area contributed by atoms with E-state index in [2.05, 4.69) is 15.5 Å². The Balaban J connectivity index is 1.66. The lowest BCUT2D eigenvalue weighted by Crippen LogP contribution is -2.23. The molecule has 1 heterocycles. The van der Waals surface area contributed by atoms with Gasteiger partial charge in [0.15, 0.2) is 5.16 Å². The number of amides is 1. The van der Waals surface area contributed by atoms with Crippen LogP contribution >= 0.6 is 11.8 Å². The van der Waals surface area contributed by atoms with Crippen LogP contribution in [0.2, 0.25) is 0 Å². The van der Waals surface area contributed by atoms with Gasteiger partial charge >= 0.3 is 6.18 Å². The van der Waals surface area contributed by atoms with Gasteiger partial charge in [-0.2, -0.15) is 13.2 Å². The highest BCUT2D eigenvalue weighted by atomic mass is 32.2. The molecule has 0 radical (unpaired) electrons. The van der Waals surface area contributed by atoms with Gasteiger partial charge in [0.05, 0.1) is 10.8 Å². The van der Waals surface area contributed by atoms with Crippen LogP contribution in [0.25, 0.3) is 5.69 Å². The van der Waals surface area contributed by atoms with Gasteiger partial charge in [0.1, 0.15) is 6.33 Å². The molecule has 140 valence electrons. The fraction of sp³-hybridized carbons (Fsp3) is 0.167. The summed E-state index contributed by atoms with van der Waals surface area (Å²) in [7, 11) is 0. The molecule has 0 saturated heterocycles. The number of benzene rings is 2. The number of rotatable bonds is 5. The van der Waals surface area contributed by atoms with Crippen molar-refractivity contribution in [1.82, 2.24) is 14.8 Å². The number of nitrogens with one attached hydrogen (secondary N) is 1. The molecule has 0 bridgehead atoms. The molecule has 0 aliphatic rings. The fourth-order valence-corrected chi connectivity index (χ4v) is 3.11. The molecule has 1 amide bonds. The number of carbonyl (C=O) groups excluding carboxylic acids is 1. The maximum absolute atomic E-state index is 12.6. The molecular formula is C18H15F3N4OS. The smallest absolute Gasteiger partial charge is 0.325 e. The van der Waals surface area contributed by atoms with E-state index in [1.54, 1.807) is 17.8 Å². The van der Waals surface area contributed by atoms with E-state index in [1.165, 1.54) is 23.9 Å². The van der Waals surface area contributed by atoms with E-state index in [4.69, 9.17) is 0 Å². The zero-order valence-electron chi connectivity index (χ0n) is 14.1. The minimum atomic E-state index is -4.41. The number of anilines is 1. The molecule has 3 rings (SSSR count). The van der Waals surface area contributed by atoms with Gasteiger partial charge in [-0.3, -0.25) is 9.36 Å². The zero-order valence-corrected chi connectivity index (χ0v) is 15.0. The highest BCUT2D eigenvalue weighted by Gasteiger charge is 2.30.